The van der Waals surface area contributed by atoms with Gasteiger partial charge in [0.25, 0.3) is 0 Å². The monoisotopic (exact) mass is 252 g/mol. The Labute approximate surface area is 105 Å². The molecule has 0 aromatic carbocycles. The van der Waals surface area contributed by atoms with Gasteiger partial charge >= 0.3 is 0 Å². The summed E-state index contributed by atoms with van der Waals surface area (Å²) in [5.41, 5.74) is 0.194. The molecule has 1 aromatic heterocycles. The molecule has 2 rings (SSSR count). The highest BCUT2D eigenvalue weighted by molar-refractivity contribution is 7.12. The fourth-order valence-corrected chi connectivity index (χ4v) is 3.03. The Balaban J connectivity index is 2.00. The van der Waals surface area contributed by atoms with Crippen LogP contribution in [0.3, 0.4) is 0 Å². The lowest BCUT2D eigenvalue weighted by molar-refractivity contribution is -0.422. The molecule has 0 bridgehead atoms. The van der Waals surface area contributed by atoms with Gasteiger partial charge in [-0.1, -0.05) is 0 Å². The number of nitrogens with zero attached hydrogens (tertiary/aromatic N) is 2. The van der Waals surface area contributed by atoms with Gasteiger partial charge in [0.1, 0.15) is 0 Å². The van der Waals surface area contributed by atoms with E-state index in [1.165, 1.54) is 37.7 Å². The Morgan fingerprint density at radius 3 is 2.88 bits per heavy atom. The second-order valence-electron chi connectivity index (χ2n) is 4.33. The van der Waals surface area contributed by atoms with Gasteiger partial charge in [-0.05, 0) is 38.1 Å². The van der Waals surface area contributed by atoms with E-state index < -0.39 is 0 Å². The van der Waals surface area contributed by atoms with Crippen molar-refractivity contribution >= 4 is 17.4 Å². The number of rotatable bonds is 4. The maximum Gasteiger partial charge on any atom is 0.244 e. The molecule has 1 aromatic rings. The average Bonchev–Trinajstić information content (AvgIpc) is 2.91. The molecule has 5 heteroatoms. The van der Waals surface area contributed by atoms with Crippen molar-refractivity contribution < 1.29 is 4.92 Å². The molecular formula is C12H16N2O2S. The first-order chi connectivity index (χ1) is 8.15. The zero-order valence-corrected chi connectivity index (χ0v) is 10.7. The largest absolute Gasteiger partial charge is 0.298 e. The molecule has 0 saturated carbocycles. The summed E-state index contributed by atoms with van der Waals surface area (Å²) in [5, 5.41) is 10.5. The van der Waals surface area contributed by atoms with E-state index in [0.717, 1.165) is 11.4 Å². The zero-order chi connectivity index (χ0) is 12.3. The van der Waals surface area contributed by atoms with Gasteiger partial charge in [0.05, 0.1) is 4.92 Å². The van der Waals surface area contributed by atoms with Crippen LogP contribution in [-0.2, 0) is 6.54 Å². The molecule has 4 nitrogen and oxygen atoms in total. The Morgan fingerprint density at radius 1 is 1.53 bits per heavy atom. The predicted molar refractivity (Wildman–Crippen MR) is 69.5 cm³/mol. The summed E-state index contributed by atoms with van der Waals surface area (Å²) in [6.07, 6.45) is 4.22. The van der Waals surface area contributed by atoms with E-state index in [2.05, 4.69) is 11.0 Å². The van der Waals surface area contributed by atoms with Crippen LogP contribution in [0.2, 0.25) is 0 Å². The lowest BCUT2D eigenvalue weighted by atomic mass is 10.3. The fourth-order valence-electron chi connectivity index (χ4n) is 1.98. The minimum Gasteiger partial charge on any atom is -0.298 e. The molecule has 0 spiro atoms. The molecule has 17 heavy (non-hydrogen) atoms. The van der Waals surface area contributed by atoms with Crippen molar-refractivity contribution in [3.63, 3.8) is 0 Å². The van der Waals surface area contributed by atoms with E-state index in [-0.39, 0.29) is 10.6 Å². The van der Waals surface area contributed by atoms with Crippen LogP contribution in [0.4, 0.5) is 0 Å². The normalized spacial score (nSPS) is 17.6. The van der Waals surface area contributed by atoms with Crippen LogP contribution in [-0.4, -0.2) is 22.9 Å². The molecule has 1 saturated heterocycles. The average molecular weight is 252 g/mol. The van der Waals surface area contributed by atoms with Crippen molar-refractivity contribution in [2.45, 2.75) is 26.3 Å². The topological polar surface area (TPSA) is 46.4 Å². The van der Waals surface area contributed by atoms with Crippen LogP contribution in [0.25, 0.3) is 6.08 Å². The van der Waals surface area contributed by atoms with Gasteiger partial charge in [-0.15, -0.1) is 11.3 Å². The van der Waals surface area contributed by atoms with Gasteiger partial charge in [0.15, 0.2) is 0 Å². The van der Waals surface area contributed by atoms with Crippen LogP contribution < -0.4 is 0 Å². The number of hydrogen-bond donors (Lipinski definition) is 0. The van der Waals surface area contributed by atoms with E-state index in [1.807, 2.05) is 6.07 Å². The van der Waals surface area contributed by atoms with Crippen LogP contribution >= 0.6 is 11.3 Å². The Hall–Kier alpha value is -1.20. The lowest BCUT2D eigenvalue weighted by Crippen LogP contribution is -2.17. The number of nitro groups is 1. The molecule has 0 N–H and O–H groups in total. The molecule has 1 aliphatic heterocycles. The standard InChI is InChI=1S/C12H16N2O2S/c1-10(14(15)16)8-11-4-5-12(17-11)9-13-6-2-3-7-13/h4-5,8H,2-3,6-7,9H2,1H3. The van der Waals surface area contributed by atoms with Gasteiger partial charge in [-0.2, -0.15) is 0 Å². The summed E-state index contributed by atoms with van der Waals surface area (Å²) < 4.78 is 0. The molecule has 1 fully saturated rings. The maximum atomic E-state index is 10.5. The van der Waals surface area contributed by atoms with Crippen molar-refractivity contribution in [1.29, 1.82) is 0 Å². The zero-order valence-electron chi connectivity index (χ0n) is 9.89. The van der Waals surface area contributed by atoms with E-state index in [4.69, 9.17) is 0 Å². The second kappa shape index (κ2) is 5.42. The summed E-state index contributed by atoms with van der Waals surface area (Å²) in [4.78, 5) is 14.9. The van der Waals surface area contributed by atoms with Gasteiger partial charge in [0, 0.05) is 29.3 Å². The van der Waals surface area contributed by atoms with Crippen molar-refractivity contribution in [3.05, 3.63) is 37.7 Å². The number of thiophene rings is 1. The van der Waals surface area contributed by atoms with Crippen LogP contribution in [0.1, 0.15) is 29.5 Å². The summed E-state index contributed by atoms with van der Waals surface area (Å²) in [6, 6.07) is 4.03. The molecular weight excluding hydrogens is 236 g/mol. The first-order valence-electron chi connectivity index (χ1n) is 5.79. The van der Waals surface area contributed by atoms with E-state index in [1.54, 1.807) is 17.4 Å². The third-order valence-corrected chi connectivity index (χ3v) is 3.92. The SMILES string of the molecule is CC(=Cc1ccc(CN2CCCC2)s1)[N+](=O)[O-]. The highest BCUT2D eigenvalue weighted by Crippen LogP contribution is 2.22. The fraction of sp³-hybridized carbons (Fsp3) is 0.500. The molecule has 0 aliphatic carbocycles. The van der Waals surface area contributed by atoms with Gasteiger partial charge in [0.2, 0.25) is 5.70 Å². The van der Waals surface area contributed by atoms with Crippen LogP contribution in [0.15, 0.2) is 17.8 Å². The molecule has 0 amide bonds. The Kier molecular flexibility index (Phi) is 3.91. The predicted octanol–water partition coefficient (Wildman–Crippen LogP) is 2.98. The molecule has 0 atom stereocenters. The lowest BCUT2D eigenvalue weighted by Gasteiger charge is -2.12. The van der Waals surface area contributed by atoms with Crippen molar-refractivity contribution in [1.82, 2.24) is 4.90 Å². The summed E-state index contributed by atoms with van der Waals surface area (Å²) in [5.74, 6) is 0. The molecule has 0 radical (unpaired) electrons. The molecule has 1 aliphatic rings. The first-order valence-corrected chi connectivity index (χ1v) is 6.60. The number of likely N-dealkylation sites (tertiary alicyclic amines) is 1. The molecule has 92 valence electrons. The minimum atomic E-state index is -0.347. The molecule has 0 unspecified atom stereocenters. The van der Waals surface area contributed by atoms with Gasteiger partial charge in [-0.3, -0.25) is 15.0 Å². The van der Waals surface area contributed by atoms with Crippen LogP contribution in [0, 0.1) is 10.1 Å². The Morgan fingerprint density at radius 2 is 2.24 bits per heavy atom. The third-order valence-electron chi connectivity index (χ3n) is 2.90. The van der Waals surface area contributed by atoms with Gasteiger partial charge in [-0.25, -0.2) is 0 Å². The van der Waals surface area contributed by atoms with Gasteiger partial charge < -0.3 is 0 Å². The van der Waals surface area contributed by atoms with Crippen molar-refractivity contribution in [2.75, 3.05) is 13.1 Å². The van der Waals surface area contributed by atoms with Crippen LogP contribution in [0.5, 0.6) is 0 Å². The van der Waals surface area contributed by atoms with E-state index in [9.17, 15) is 10.1 Å². The first kappa shape index (κ1) is 12.3. The number of allylic oxidation sites excluding steroid dienone is 1. The highest BCUT2D eigenvalue weighted by atomic mass is 32.1. The highest BCUT2D eigenvalue weighted by Gasteiger charge is 2.13. The third kappa shape index (κ3) is 3.38. The Bertz CT molecular complexity index is 433. The van der Waals surface area contributed by atoms with E-state index >= 15 is 0 Å². The smallest absolute Gasteiger partial charge is 0.244 e. The summed E-state index contributed by atoms with van der Waals surface area (Å²) >= 11 is 1.64. The summed E-state index contributed by atoms with van der Waals surface area (Å²) in [7, 11) is 0. The van der Waals surface area contributed by atoms with E-state index in [0.29, 0.717) is 0 Å². The summed E-state index contributed by atoms with van der Waals surface area (Å²) in [6.45, 7) is 4.86. The van der Waals surface area contributed by atoms with Crippen molar-refractivity contribution in [2.24, 2.45) is 0 Å². The second-order valence-corrected chi connectivity index (χ2v) is 5.53. The quantitative estimate of drug-likeness (QED) is 0.611. The van der Waals surface area contributed by atoms with Crippen molar-refractivity contribution in [3.8, 4) is 0 Å². The maximum absolute atomic E-state index is 10.5. The number of hydrogen-bond acceptors (Lipinski definition) is 4. The minimum absolute atomic E-state index is 0.194. The molecule has 2 heterocycles.